The molecule has 0 aliphatic heterocycles. The van der Waals surface area contributed by atoms with Gasteiger partial charge < -0.3 is 5.73 Å². The lowest BCUT2D eigenvalue weighted by Crippen LogP contribution is -2.03. The molecule has 19 heavy (non-hydrogen) atoms. The standard InChI is InChI=1S/C15H10F2N2/c16-11-6-7-14(17)12(8-11)15(19)13(9-18)10-4-2-1-3-5-10/h1-8H,19H2/b15-13-. The summed E-state index contributed by atoms with van der Waals surface area (Å²) in [6, 6.07) is 13.5. The van der Waals surface area contributed by atoms with Crippen molar-refractivity contribution in [2.45, 2.75) is 0 Å². The average molecular weight is 256 g/mol. The fourth-order valence-electron chi connectivity index (χ4n) is 1.72. The normalized spacial score (nSPS) is 11.6. The maximum absolute atomic E-state index is 13.6. The molecule has 0 aromatic heterocycles. The van der Waals surface area contributed by atoms with E-state index in [2.05, 4.69) is 0 Å². The molecule has 0 fully saturated rings. The molecule has 0 amide bonds. The van der Waals surface area contributed by atoms with Gasteiger partial charge in [0.2, 0.25) is 0 Å². The number of halogens is 2. The zero-order valence-corrected chi connectivity index (χ0v) is 9.90. The van der Waals surface area contributed by atoms with Gasteiger partial charge in [-0.3, -0.25) is 0 Å². The van der Waals surface area contributed by atoms with Crippen LogP contribution in [0.25, 0.3) is 11.3 Å². The fourth-order valence-corrected chi connectivity index (χ4v) is 1.72. The highest BCUT2D eigenvalue weighted by Gasteiger charge is 2.12. The molecule has 0 heterocycles. The van der Waals surface area contributed by atoms with Crippen LogP contribution < -0.4 is 5.73 Å². The monoisotopic (exact) mass is 256 g/mol. The minimum absolute atomic E-state index is 0.0781. The topological polar surface area (TPSA) is 49.8 Å². The van der Waals surface area contributed by atoms with Gasteiger partial charge in [0.15, 0.2) is 0 Å². The first-order chi connectivity index (χ1) is 9.13. The van der Waals surface area contributed by atoms with Gasteiger partial charge in [-0.15, -0.1) is 0 Å². The summed E-state index contributed by atoms with van der Waals surface area (Å²) in [5.74, 6) is -1.27. The quantitative estimate of drug-likeness (QED) is 0.662. The second-order valence-corrected chi connectivity index (χ2v) is 3.89. The van der Waals surface area contributed by atoms with Gasteiger partial charge in [-0.2, -0.15) is 5.26 Å². The molecule has 0 saturated heterocycles. The van der Waals surface area contributed by atoms with Crippen LogP contribution in [0.15, 0.2) is 48.5 Å². The number of benzene rings is 2. The Morgan fingerprint density at radius 2 is 1.74 bits per heavy atom. The highest BCUT2D eigenvalue weighted by atomic mass is 19.1. The molecule has 0 aliphatic carbocycles. The lowest BCUT2D eigenvalue weighted by molar-refractivity contribution is 0.597. The van der Waals surface area contributed by atoms with Crippen LogP contribution >= 0.6 is 0 Å². The van der Waals surface area contributed by atoms with Crippen molar-refractivity contribution in [1.82, 2.24) is 0 Å². The summed E-state index contributed by atoms with van der Waals surface area (Å²) in [4.78, 5) is 0. The molecule has 0 saturated carbocycles. The average Bonchev–Trinajstić information content (AvgIpc) is 2.43. The van der Waals surface area contributed by atoms with Gasteiger partial charge in [-0.05, 0) is 23.8 Å². The first-order valence-electron chi connectivity index (χ1n) is 5.54. The Hall–Kier alpha value is -2.67. The Labute approximate surface area is 109 Å². The van der Waals surface area contributed by atoms with E-state index in [0.717, 1.165) is 18.2 Å². The lowest BCUT2D eigenvalue weighted by atomic mass is 10.0. The summed E-state index contributed by atoms with van der Waals surface area (Å²) in [7, 11) is 0. The van der Waals surface area contributed by atoms with E-state index in [1.54, 1.807) is 30.3 Å². The highest BCUT2D eigenvalue weighted by Crippen LogP contribution is 2.24. The van der Waals surface area contributed by atoms with Gasteiger partial charge in [-0.25, -0.2) is 8.78 Å². The van der Waals surface area contributed by atoms with E-state index in [-0.39, 0.29) is 16.8 Å². The van der Waals surface area contributed by atoms with Gasteiger partial charge >= 0.3 is 0 Å². The van der Waals surface area contributed by atoms with E-state index in [0.29, 0.717) is 5.56 Å². The molecule has 0 atom stereocenters. The Morgan fingerprint density at radius 3 is 2.37 bits per heavy atom. The number of rotatable bonds is 2. The van der Waals surface area contributed by atoms with Crippen molar-refractivity contribution in [2.75, 3.05) is 0 Å². The van der Waals surface area contributed by atoms with Crippen LogP contribution in [0.2, 0.25) is 0 Å². The minimum Gasteiger partial charge on any atom is -0.397 e. The smallest absolute Gasteiger partial charge is 0.132 e. The van der Waals surface area contributed by atoms with Crippen LogP contribution in [0.5, 0.6) is 0 Å². The van der Waals surface area contributed by atoms with Crippen LogP contribution in [0.1, 0.15) is 11.1 Å². The maximum Gasteiger partial charge on any atom is 0.132 e. The van der Waals surface area contributed by atoms with Gasteiger partial charge in [0.25, 0.3) is 0 Å². The minimum atomic E-state index is -0.664. The molecule has 2 aromatic carbocycles. The summed E-state index contributed by atoms with van der Waals surface area (Å²) in [5, 5.41) is 9.17. The molecule has 94 valence electrons. The number of nitrogens with two attached hydrogens (primary N) is 1. The highest BCUT2D eigenvalue weighted by molar-refractivity contribution is 5.96. The third kappa shape index (κ3) is 2.61. The SMILES string of the molecule is N#C/C(=C(/N)c1cc(F)ccc1F)c1ccccc1. The van der Waals surface area contributed by atoms with Crippen molar-refractivity contribution in [3.8, 4) is 6.07 Å². The summed E-state index contributed by atoms with van der Waals surface area (Å²) in [6.07, 6.45) is 0. The van der Waals surface area contributed by atoms with Gasteiger partial charge in [0.05, 0.1) is 11.3 Å². The summed E-state index contributed by atoms with van der Waals surface area (Å²) in [5.41, 5.74) is 6.29. The number of nitrogens with zero attached hydrogens (tertiary/aromatic N) is 1. The zero-order valence-electron chi connectivity index (χ0n) is 9.90. The van der Waals surface area contributed by atoms with E-state index in [4.69, 9.17) is 11.0 Å². The summed E-state index contributed by atoms with van der Waals surface area (Å²) < 4.78 is 26.8. The summed E-state index contributed by atoms with van der Waals surface area (Å²) >= 11 is 0. The molecule has 0 spiro atoms. The third-order valence-corrected chi connectivity index (χ3v) is 2.66. The fraction of sp³-hybridized carbons (Fsp3) is 0. The number of hydrogen-bond donors (Lipinski definition) is 1. The van der Waals surface area contributed by atoms with Crippen molar-refractivity contribution >= 4 is 11.3 Å². The van der Waals surface area contributed by atoms with Crippen molar-refractivity contribution < 1.29 is 8.78 Å². The van der Waals surface area contributed by atoms with E-state index in [9.17, 15) is 8.78 Å². The molecule has 2 rings (SSSR count). The first kappa shape index (κ1) is 12.8. The summed E-state index contributed by atoms with van der Waals surface area (Å²) in [6.45, 7) is 0. The molecule has 2 nitrogen and oxygen atoms in total. The predicted octanol–water partition coefficient (Wildman–Crippen LogP) is 3.32. The maximum atomic E-state index is 13.6. The molecule has 2 aromatic rings. The van der Waals surface area contributed by atoms with E-state index < -0.39 is 11.6 Å². The Kier molecular flexibility index (Phi) is 3.58. The number of hydrogen-bond acceptors (Lipinski definition) is 2. The largest absolute Gasteiger partial charge is 0.397 e. The zero-order chi connectivity index (χ0) is 13.8. The number of allylic oxidation sites excluding steroid dienone is 1. The van der Waals surface area contributed by atoms with Gasteiger partial charge in [0, 0.05) is 5.56 Å². The molecule has 0 unspecified atom stereocenters. The second-order valence-electron chi connectivity index (χ2n) is 3.89. The van der Waals surface area contributed by atoms with Crippen LogP contribution in [0.3, 0.4) is 0 Å². The number of nitriles is 1. The van der Waals surface area contributed by atoms with E-state index in [1.807, 2.05) is 6.07 Å². The third-order valence-electron chi connectivity index (χ3n) is 2.66. The van der Waals surface area contributed by atoms with Crippen molar-refractivity contribution in [3.63, 3.8) is 0 Å². The Balaban J connectivity index is 2.62. The molecule has 0 bridgehead atoms. The van der Waals surface area contributed by atoms with Crippen molar-refractivity contribution in [1.29, 1.82) is 5.26 Å². The van der Waals surface area contributed by atoms with Gasteiger partial charge in [0.1, 0.15) is 17.7 Å². The van der Waals surface area contributed by atoms with Crippen LogP contribution in [0, 0.1) is 23.0 Å². The van der Waals surface area contributed by atoms with Crippen LogP contribution in [-0.4, -0.2) is 0 Å². The van der Waals surface area contributed by atoms with E-state index in [1.165, 1.54) is 0 Å². The molecule has 0 aliphatic rings. The molecular formula is C15H10F2N2. The first-order valence-corrected chi connectivity index (χ1v) is 5.54. The van der Waals surface area contributed by atoms with Crippen LogP contribution in [0.4, 0.5) is 8.78 Å². The van der Waals surface area contributed by atoms with Crippen LogP contribution in [-0.2, 0) is 0 Å². The Morgan fingerprint density at radius 1 is 1.05 bits per heavy atom. The van der Waals surface area contributed by atoms with Gasteiger partial charge in [-0.1, -0.05) is 30.3 Å². The molecule has 0 radical (unpaired) electrons. The molecule has 4 heteroatoms. The molecular weight excluding hydrogens is 246 g/mol. The lowest BCUT2D eigenvalue weighted by Gasteiger charge is -2.07. The van der Waals surface area contributed by atoms with Crippen molar-refractivity contribution in [3.05, 3.63) is 71.3 Å². The second kappa shape index (κ2) is 5.32. The Bertz CT molecular complexity index is 670. The van der Waals surface area contributed by atoms with E-state index >= 15 is 0 Å². The van der Waals surface area contributed by atoms with Crippen molar-refractivity contribution in [2.24, 2.45) is 5.73 Å². The predicted molar refractivity (Wildman–Crippen MR) is 69.4 cm³/mol. The molecule has 2 N–H and O–H groups in total.